The first-order chi connectivity index (χ1) is 10.0. The normalized spacial score (nSPS) is 13.6. The molecule has 1 aliphatic heterocycles. The molecular weight excluding hydrogens is 293 g/mol. The molecule has 0 spiro atoms. The number of halogens is 1. The van der Waals surface area contributed by atoms with Crippen LogP contribution in [0.3, 0.4) is 0 Å². The number of benzene rings is 2. The predicted molar refractivity (Wildman–Crippen MR) is 78.3 cm³/mol. The summed E-state index contributed by atoms with van der Waals surface area (Å²) in [5, 5.41) is 0. The summed E-state index contributed by atoms with van der Waals surface area (Å²) in [5.74, 6) is 0.222. The highest BCUT2D eigenvalue weighted by Crippen LogP contribution is 2.28. The van der Waals surface area contributed by atoms with Crippen molar-refractivity contribution in [2.24, 2.45) is 0 Å². The molecule has 1 heterocycles. The molecule has 0 aliphatic carbocycles. The minimum Gasteiger partial charge on any atom is -0.493 e. The molecule has 2 aromatic carbocycles. The van der Waals surface area contributed by atoms with Crippen molar-refractivity contribution in [2.75, 3.05) is 11.3 Å². The maximum atomic E-state index is 12.8. The van der Waals surface area contributed by atoms with Gasteiger partial charge in [-0.2, -0.15) is 0 Å². The summed E-state index contributed by atoms with van der Waals surface area (Å²) in [6, 6.07) is 10.6. The molecule has 0 saturated carbocycles. The molecule has 0 bridgehead atoms. The minimum absolute atomic E-state index is 0.194. The lowest BCUT2D eigenvalue weighted by atomic mass is 10.1. The molecule has 2 aromatic rings. The van der Waals surface area contributed by atoms with Crippen molar-refractivity contribution in [3.05, 3.63) is 59.4 Å². The number of ether oxygens (including phenoxy) is 1. The van der Waals surface area contributed by atoms with E-state index in [2.05, 4.69) is 4.72 Å². The highest BCUT2D eigenvalue weighted by atomic mass is 32.2. The van der Waals surface area contributed by atoms with Crippen LogP contribution in [0.4, 0.5) is 10.1 Å². The van der Waals surface area contributed by atoms with E-state index in [-0.39, 0.29) is 11.6 Å². The number of anilines is 1. The summed E-state index contributed by atoms with van der Waals surface area (Å²) in [6.45, 7) is 0.626. The van der Waals surface area contributed by atoms with E-state index in [0.29, 0.717) is 17.9 Å². The zero-order valence-electron chi connectivity index (χ0n) is 11.2. The standard InChI is InChI=1S/C15H14FNO3S/c16-13-3-1-11(2-4-13)10-21(18,19)17-14-5-6-15-12(9-14)7-8-20-15/h1-6,9,17H,7-8,10H2. The molecule has 1 N–H and O–H groups in total. The molecule has 0 amide bonds. The fourth-order valence-corrected chi connectivity index (χ4v) is 3.46. The molecular formula is C15H14FNO3S. The van der Waals surface area contributed by atoms with Gasteiger partial charge in [0.2, 0.25) is 10.0 Å². The average molecular weight is 307 g/mol. The number of fused-ring (bicyclic) bond motifs is 1. The van der Waals surface area contributed by atoms with E-state index < -0.39 is 10.0 Å². The zero-order valence-corrected chi connectivity index (χ0v) is 12.0. The molecule has 3 rings (SSSR count). The van der Waals surface area contributed by atoms with Crippen molar-refractivity contribution in [3.63, 3.8) is 0 Å². The van der Waals surface area contributed by atoms with Crippen molar-refractivity contribution >= 4 is 15.7 Å². The molecule has 6 heteroatoms. The molecule has 1 aliphatic rings. The van der Waals surface area contributed by atoms with Gasteiger partial charge in [-0.3, -0.25) is 4.72 Å². The van der Waals surface area contributed by atoms with Crippen LogP contribution in [0, 0.1) is 5.82 Å². The third-order valence-electron chi connectivity index (χ3n) is 3.23. The first-order valence-corrected chi connectivity index (χ1v) is 8.18. The molecule has 0 fully saturated rings. The van der Waals surface area contributed by atoms with Gasteiger partial charge < -0.3 is 4.74 Å². The van der Waals surface area contributed by atoms with E-state index in [1.54, 1.807) is 18.2 Å². The quantitative estimate of drug-likeness (QED) is 0.945. The average Bonchev–Trinajstić information content (AvgIpc) is 2.88. The Labute approximate surface area is 122 Å². The van der Waals surface area contributed by atoms with Gasteiger partial charge in [0.15, 0.2) is 0 Å². The second-order valence-corrected chi connectivity index (χ2v) is 6.63. The van der Waals surface area contributed by atoms with Gasteiger partial charge in [-0.25, -0.2) is 12.8 Å². The van der Waals surface area contributed by atoms with Crippen LogP contribution in [0.2, 0.25) is 0 Å². The van der Waals surface area contributed by atoms with Gasteiger partial charge in [0, 0.05) is 12.1 Å². The van der Waals surface area contributed by atoms with E-state index in [9.17, 15) is 12.8 Å². The number of rotatable bonds is 4. The summed E-state index contributed by atoms with van der Waals surface area (Å²) in [7, 11) is -3.53. The van der Waals surface area contributed by atoms with E-state index in [0.717, 1.165) is 17.7 Å². The maximum Gasteiger partial charge on any atom is 0.236 e. The number of hydrogen-bond donors (Lipinski definition) is 1. The highest BCUT2D eigenvalue weighted by molar-refractivity contribution is 7.91. The Bertz CT molecular complexity index is 757. The fraction of sp³-hybridized carbons (Fsp3) is 0.200. The monoisotopic (exact) mass is 307 g/mol. The summed E-state index contributed by atoms with van der Waals surface area (Å²) in [4.78, 5) is 0. The van der Waals surface area contributed by atoms with Gasteiger partial charge in [-0.05, 0) is 41.5 Å². The second kappa shape index (κ2) is 5.37. The van der Waals surface area contributed by atoms with Crippen molar-refractivity contribution in [2.45, 2.75) is 12.2 Å². The van der Waals surface area contributed by atoms with Crippen molar-refractivity contribution in [1.29, 1.82) is 0 Å². The lowest BCUT2D eigenvalue weighted by Gasteiger charge is -2.09. The predicted octanol–water partition coefficient (Wildman–Crippen LogP) is 2.70. The van der Waals surface area contributed by atoms with Gasteiger partial charge in [0.1, 0.15) is 11.6 Å². The summed E-state index contributed by atoms with van der Waals surface area (Å²) in [5.41, 5.74) is 2.05. The minimum atomic E-state index is -3.53. The Kier molecular flexibility index (Phi) is 3.55. The fourth-order valence-electron chi connectivity index (χ4n) is 2.27. The smallest absolute Gasteiger partial charge is 0.236 e. The largest absolute Gasteiger partial charge is 0.493 e. The van der Waals surface area contributed by atoms with Gasteiger partial charge >= 0.3 is 0 Å². The van der Waals surface area contributed by atoms with E-state index in [1.165, 1.54) is 24.3 Å². The van der Waals surface area contributed by atoms with Gasteiger partial charge in [-0.15, -0.1) is 0 Å². The van der Waals surface area contributed by atoms with Crippen LogP contribution in [0.1, 0.15) is 11.1 Å². The van der Waals surface area contributed by atoms with Crippen LogP contribution in [-0.4, -0.2) is 15.0 Å². The molecule has 0 unspecified atom stereocenters. The number of sulfonamides is 1. The van der Waals surface area contributed by atoms with Gasteiger partial charge in [-0.1, -0.05) is 12.1 Å². The molecule has 0 atom stereocenters. The first-order valence-electron chi connectivity index (χ1n) is 6.52. The second-order valence-electron chi connectivity index (χ2n) is 4.91. The number of nitrogens with one attached hydrogen (secondary N) is 1. The summed E-state index contributed by atoms with van der Waals surface area (Å²) < 4.78 is 45.0. The number of hydrogen-bond acceptors (Lipinski definition) is 3. The lowest BCUT2D eigenvalue weighted by Crippen LogP contribution is -2.15. The van der Waals surface area contributed by atoms with Crippen LogP contribution < -0.4 is 9.46 Å². The Hall–Kier alpha value is -2.08. The van der Waals surface area contributed by atoms with Crippen molar-refractivity contribution in [1.82, 2.24) is 0 Å². The highest BCUT2D eigenvalue weighted by Gasteiger charge is 2.16. The van der Waals surface area contributed by atoms with Crippen molar-refractivity contribution < 1.29 is 17.5 Å². The summed E-state index contributed by atoms with van der Waals surface area (Å²) >= 11 is 0. The Morgan fingerprint density at radius 2 is 1.90 bits per heavy atom. The Balaban J connectivity index is 1.75. The molecule has 21 heavy (non-hydrogen) atoms. The molecule has 0 radical (unpaired) electrons. The lowest BCUT2D eigenvalue weighted by molar-refractivity contribution is 0.357. The topological polar surface area (TPSA) is 55.4 Å². The van der Waals surface area contributed by atoms with E-state index >= 15 is 0 Å². The summed E-state index contributed by atoms with van der Waals surface area (Å²) in [6.07, 6.45) is 0.781. The molecule has 4 nitrogen and oxygen atoms in total. The zero-order chi connectivity index (χ0) is 14.9. The van der Waals surface area contributed by atoms with E-state index in [1.807, 2.05) is 0 Å². The van der Waals surface area contributed by atoms with Crippen LogP contribution in [-0.2, 0) is 22.2 Å². The third-order valence-corrected chi connectivity index (χ3v) is 4.49. The Morgan fingerprint density at radius 1 is 1.14 bits per heavy atom. The van der Waals surface area contributed by atoms with Crippen molar-refractivity contribution in [3.8, 4) is 5.75 Å². The van der Waals surface area contributed by atoms with Gasteiger partial charge in [0.25, 0.3) is 0 Å². The van der Waals surface area contributed by atoms with Crippen LogP contribution in [0.15, 0.2) is 42.5 Å². The van der Waals surface area contributed by atoms with Gasteiger partial charge in [0.05, 0.1) is 12.4 Å². The first kappa shape index (κ1) is 13.9. The molecule has 110 valence electrons. The van der Waals surface area contributed by atoms with E-state index in [4.69, 9.17) is 4.74 Å². The SMILES string of the molecule is O=S(=O)(Cc1ccc(F)cc1)Nc1ccc2c(c1)CCO2. The molecule has 0 saturated heterocycles. The van der Waals surface area contributed by atoms with Crippen LogP contribution in [0.25, 0.3) is 0 Å². The van der Waals surface area contributed by atoms with Crippen LogP contribution in [0.5, 0.6) is 5.75 Å². The molecule has 0 aromatic heterocycles. The maximum absolute atomic E-state index is 12.8. The third kappa shape index (κ3) is 3.33. The van der Waals surface area contributed by atoms with Crippen LogP contribution >= 0.6 is 0 Å². The Morgan fingerprint density at radius 3 is 2.67 bits per heavy atom.